The van der Waals surface area contributed by atoms with Crippen LogP contribution in [-0.4, -0.2) is 12.2 Å². The third kappa shape index (κ3) is 9.46. The van der Waals surface area contributed by atoms with Gasteiger partial charge >= 0.3 is 18.8 Å². The van der Waals surface area contributed by atoms with Gasteiger partial charge in [0.15, 0.2) is 0 Å². The lowest BCUT2D eigenvalue weighted by molar-refractivity contribution is 0.329. The van der Waals surface area contributed by atoms with E-state index in [1.165, 1.54) is 11.1 Å². The molecule has 186 valence electrons. The van der Waals surface area contributed by atoms with Gasteiger partial charge in [0.25, 0.3) is 0 Å². The van der Waals surface area contributed by atoms with Crippen molar-refractivity contribution in [3.05, 3.63) is 47.2 Å². The van der Waals surface area contributed by atoms with Gasteiger partial charge < -0.3 is 17.3 Å². The van der Waals surface area contributed by atoms with Crippen LogP contribution in [0.2, 0.25) is 0 Å². The summed E-state index contributed by atoms with van der Waals surface area (Å²) in [6.45, 7) is 26.6. The molecular formula is C26H40BF4NO. The van der Waals surface area contributed by atoms with E-state index in [4.69, 9.17) is 9.40 Å². The van der Waals surface area contributed by atoms with Crippen molar-refractivity contribution in [3.63, 3.8) is 0 Å². The van der Waals surface area contributed by atoms with Gasteiger partial charge in [0.1, 0.15) is 0 Å². The molecule has 0 aromatic carbocycles. The topological polar surface area (TPSA) is 24.2 Å². The number of hydrogen-bond acceptors (Lipinski definition) is 1. The second-order valence-electron chi connectivity index (χ2n) is 12.7. The van der Waals surface area contributed by atoms with Gasteiger partial charge in [-0.15, -0.1) is 0 Å². The molecule has 0 radical (unpaired) electrons. The van der Waals surface area contributed by atoms with E-state index in [9.17, 15) is 17.3 Å². The highest BCUT2D eigenvalue weighted by atomic mass is 19.5. The van der Waals surface area contributed by atoms with E-state index in [1.807, 2.05) is 0 Å². The highest BCUT2D eigenvalue weighted by Crippen LogP contribution is 2.36. The smallest absolute Gasteiger partial charge is 0.418 e. The second kappa shape index (κ2) is 9.38. The SMILES string of the molecule is CC(C)(C)c1cc(-c2cc(C(C)(C)C)[o+]c(C(C)(C)C)c2)cc(C(C)(C)C)n1.F[B-](F)(F)F. The highest BCUT2D eigenvalue weighted by Gasteiger charge is 2.34. The molecule has 2 heterocycles. The Hall–Kier alpha value is -1.92. The maximum absolute atomic E-state index is 9.75. The lowest BCUT2D eigenvalue weighted by Crippen LogP contribution is -2.20. The summed E-state index contributed by atoms with van der Waals surface area (Å²) in [6, 6.07) is 8.93. The lowest BCUT2D eigenvalue weighted by atomic mass is 9.84. The van der Waals surface area contributed by atoms with Crippen LogP contribution in [-0.2, 0) is 21.7 Å². The van der Waals surface area contributed by atoms with Crippen molar-refractivity contribution >= 4 is 7.25 Å². The van der Waals surface area contributed by atoms with Crippen LogP contribution in [0.15, 0.2) is 28.7 Å². The van der Waals surface area contributed by atoms with E-state index in [2.05, 4.69) is 107 Å². The molecule has 0 saturated carbocycles. The summed E-state index contributed by atoms with van der Waals surface area (Å²) >= 11 is 0. The van der Waals surface area contributed by atoms with E-state index in [0.29, 0.717) is 0 Å². The normalized spacial score (nSPS) is 13.5. The van der Waals surface area contributed by atoms with E-state index in [-0.39, 0.29) is 21.7 Å². The highest BCUT2D eigenvalue weighted by molar-refractivity contribution is 6.50. The maximum Gasteiger partial charge on any atom is 0.673 e. The fourth-order valence-electron chi connectivity index (χ4n) is 2.87. The van der Waals surface area contributed by atoms with Crippen LogP contribution in [0.3, 0.4) is 0 Å². The number of nitrogens with zero attached hydrogens (tertiary/aromatic N) is 1. The minimum Gasteiger partial charge on any atom is -0.418 e. The second-order valence-corrected chi connectivity index (χ2v) is 12.7. The van der Waals surface area contributed by atoms with Crippen LogP contribution in [0.5, 0.6) is 0 Å². The number of rotatable bonds is 1. The molecular weight excluding hydrogens is 429 g/mol. The first-order chi connectivity index (χ1) is 14.4. The Bertz CT molecular complexity index is 813. The molecule has 2 aromatic heterocycles. The molecule has 0 aliphatic carbocycles. The molecule has 0 unspecified atom stereocenters. The Morgan fingerprint density at radius 3 is 1.06 bits per heavy atom. The largest absolute Gasteiger partial charge is 0.673 e. The van der Waals surface area contributed by atoms with Gasteiger partial charge in [0.05, 0.1) is 10.8 Å². The summed E-state index contributed by atoms with van der Waals surface area (Å²) in [5.74, 6) is 2.03. The zero-order valence-corrected chi connectivity index (χ0v) is 22.3. The van der Waals surface area contributed by atoms with Crippen molar-refractivity contribution in [1.29, 1.82) is 0 Å². The Balaban J connectivity index is 0.000000981. The van der Waals surface area contributed by atoms with Crippen LogP contribution < -0.4 is 0 Å². The molecule has 0 aliphatic heterocycles. The van der Waals surface area contributed by atoms with Crippen molar-refractivity contribution in [3.8, 4) is 11.1 Å². The van der Waals surface area contributed by atoms with Crippen LogP contribution in [0.25, 0.3) is 11.1 Å². The van der Waals surface area contributed by atoms with Gasteiger partial charge in [-0.2, -0.15) is 0 Å². The summed E-state index contributed by atoms with van der Waals surface area (Å²) in [5, 5.41) is 0. The molecule has 0 fully saturated rings. The lowest BCUT2D eigenvalue weighted by Gasteiger charge is -2.25. The predicted octanol–water partition coefficient (Wildman–Crippen LogP) is 9.11. The first kappa shape index (κ1) is 29.1. The van der Waals surface area contributed by atoms with E-state index in [0.717, 1.165) is 22.9 Å². The van der Waals surface area contributed by atoms with Crippen molar-refractivity contribution in [2.24, 2.45) is 0 Å². The van der Waals surface area contributed by atoms with Crippen LogP contribution in [0, 0.1) is 0 Å². The average molecular weight is 469 g/mol. The van der Waals surface area contributed by atoms with E-state index >= 15 is 0 Å². The summed E-state index contributed by atoms with van der Waals surface area (Å²) in [6.07, 6.45) is 0. The molecule has 0 aliphatic rings. The van der Waals surface area contributed by atoms with Gasteiger partial charge in [-0.25, -0.2) is 4.42 Å². The Kier molecular flexibility index (Phi) is 8.28. The average Bonchev–Trinajstić information content (AvgIpc) is 2.56. The van der Waals surface area contributed by atoms with E-state index in [1.54, 1.807) is 0 Å². The number of halogens is 4. The fraction of sp³-hybridized carbons (Fsp3) is 0.615. The molecule has 2 nitrogen and oxygen atoms in total. The van der Waals surface area contributed by atoms with E-state index < -0.39 is 7.25 Å². The summed E-state index contributed by atoms with van der Waals surface area (Å²) in [7, 11) is -6.00. The van der Waals surface area contributed by atoms with Crippen LogP contribution in [0.4, 0.5) is 17.3 Å². The summed E-state index contributed by atoms with van der Waals surface area (Å²) in [4.78, 5) is 5.02. The molecule has 0 amide bonds. The minimum atomic E-state index is -6.00. The van der Waals surface area contributed by atoms with Crippen molar-refractivity contribution < 1.29 is 21.7 Å². The van der Waals surface area contributed by atoms with Crippen molar-refractivity contribution in [2.75, 3.05) is 0 Å². The third-order valence-corrected chi connectivity index (χ3v) is 4.97. The molecule has 0 saturated heterocycles. The van der Waals surface area contributed by atoms with Crippen LogP contribution in [0.1, 0.15) is 106 Å². The Labute approximate surface area is 197 Å². The molecule has 2 rings (SSSR count). The first-order valence-electron chi connectivity index (χ1n) is 11.3. The molecule has 0 N–H and O–H groups in total. The molecule has 33 heavy (non-hydrogen) atoms. The van der Waals surface area contributed by atoms with Crippen molar-refractivity contribution in [1.82, 2.24) is 4.98 Å². The molecule has 7 heteroatoms. The molecule has 2 aromatic rings. The van der Waals surface area contributed by atoms with Crippen LogP contribution >= 0.6 is 0 Å². The first-order valence-corrected chi connectivity index (χ1v) is 11.3. The fourth-order valence-corrected chi connectivity index (χ4v) is 2.87. The van der Waals surface area contributed by atoms with Gasteiger partial charge in [-0.3, -0.25) is 4.98 Å². The van der Waals surface area contributed by atoms with Gasteiger partial charge in [-0.05, 0) is 64.8 Å². The zero-order chi connectivity index (χ0) is 26.2. The number of hydrogen-bond donors (Lipinski definition) is 0. The Morgan fingerprint density at radius 1 is 0.545 bits per heavy atom. The summed E-state index contributed by atoms with van der Waals surface area (Å²) < 4.78 is 45.3. The monoisotopic (exact) mass is 469 g/mol. The number of aromatic nitrogens is 1. The predicted molar refractivity (Wildman–Crippen MR) is 131 cm³/mol. The third-order valence-electron chi connectivity index (χ3n) is 4.97. The number of pyridine rings is 1. The molecule has 0 bridgehead atoms. The standard InChI is InChI=1S/C26H40NO.BF4/c1-23(2,3)19-13-17(14-20(27-19)24(4,5)6)18-15-21(25(7,8)9)28-22(16-18)26(10,11)12;2-1(3,4)5/h13-16H,1-12H3;/q+1;-1. The minimum absolute atomic E-state index is 0.00508. The Morgan fingerprint density at radius 2 is 0.818 bits per heavy atom. The van der Waals surface area contributed by atoms with Crippen molar-refractivity contribution in [2.45, 2.75) is 105 Å². The van der Waals surface area contributed by atoms with Gasteiger partial charge in [0.2, 0.25) is 0 Å². The van der Waals surface area contributed by atoms with Gasteiger partial charge in [-0.1, -0.05) is 41.5 Å². The van der Waals surface area contributed by atoms with Gasteiger partial charge in [0, 0.05) is 34.4 Å². The maximum atomic E-state index is 9.75. The molecule has 0 spiro atoms. The molecule has 0 atom stereocenters. The zero-order valence-electron chi connectivity index (χ0n) is 22.3. The summed E-state index contributed by atoms with van der Waals surface area (Å²) in [5.41, 5.74) is 4.57. The quantitative estimate of drug-likeness (QED) is 0.236.